The Bertz CT molecular complexity index is 589. The molecule has 1 atom stereocenters. The molecule has 2 aromatic rings. The first-order chi connectivity index (χ1) is 10.1. The number of aliphatic hydroxyl groups excluding tert-OH is 1. The molecule has 0 saturated heterocycles. The molecule has 3 nitrogen and oxygen atoms in total. The van der Waals surface area contributed by atoms with E-state index in [0.717, 1.165) is 11.3 Å². The third-order valence-electron chi connectivity index (χ3n) is 3.15. The highest BCUT2D eigenvalue weighted by molar-refractivity contribution is 6.30. The van der Waals surface area contributed by atoms with Gasteiger partial charge in [-0.3, -0.25) is 0 Å². The summed E-state index contributed by atoms with van der Waals surface area (Å²) in [6, 6.07) is 12.0. The fraction of sp³-hybridized carbons (Fsp3) is 0.250. The predicted molar refractivity (Wildman–Crippen MR) is 81.1 cm³/mol. The molecule has 0 saturated carbocycles. The van der Waals surface area contributed by atoms with Crippen molar-refractivity contribution >= 4 is 11.6 Å². The van der Waals surface area contributed by atoms with Crippen molar-refractivity contribution in [3.63, 3.8) is 0 Å². The second kappa shape index (κ2) is 7.41. The van der Waals surface area contributed by atoms with Crippen molar-refractivity contribution in [1.29, 1.82) is 0 Å². The van der Waals surface area contributed by atoms with E-state index in [-0.39, 0.29) is 5.02 Å². The molecule has 2 rings (SSSR count). The number of hydrogen-bond acceptors (Lipinski definition) is 3. The Labute approximate surface area is 128 Å². The molecule has 0 aliphatic heterocycles. The summed E-state index contributed by atoms with van der Waals surface area (Å²) in [5.74, 6) is 0.277. The topological polar surface area (TPSA) is 41.5 Å². The minimum Gasteiger partial charge on any atom is -0.497 e. The monoisotopic (exact) mass is 309 g/mol. The van der Waals surface area contributed by atoms with E-state index in [1.807, 2.05) is 24.3 Å². The average Bonchev–Trinajstić information content (AvgIpc) is 2.50. The lowest BCUT2D eigenvalue weighted by Gasteiger charge is -2.13. The van der Waals surface area contributed by atoms with Gasteiger partial charge >= 0.3 is 0 Å². The molecule has 5 heteroatoms. The SMILES string of the molecule is COc1ccc(CNCC(O)c2ccc(Cl)c(F)c2)cc1. The van der Waals surface area contributed by atoms with E-state index in [4.69, 9.17) is 16.3 Å². The van der Waals surface area contributed by atoms with Crippen LogP contribution in [0.5, 0.6) is 5.75 Å². The second-order valence-electron chi connectivity index (χ2n) is 4.67. The van der Waals surface area contributed by atoms with Crippen LogP contribution in [0.3, 0.4) is 0 Å². The first kappa shape index (κ1) is 15.8. The van der Waals surface area contributed by atoms with Gasteiger partial charge in [0.2, 0.25) is 0 Å². The van der Waals surface area contributed by atoms with Crippen molar-refractivity contribution in [3.05, 3.63) is 64.4 Å². The van der Waals surface area contributed by atoms with Crippen LogP contribution in [-0.2, 0) is 6.54 Å². The number of methoxy groups -OCH3 is 1. The Kier molecular flexibility index (Phi) is 5.56. The van der Waals surface area contributed by atoms with Crippen LogP contribution < -0.4 is 10.1 Å². The van der Waals surface area contributed by atoms with Gasteiger partial charge in [0.05, 0.1) is 18.2 Å². The Morgan fingerprint density at radius 2 is 1.95 bits per heavy atom. The van der Waals surface area contributed by atoms with E-state index in [1.54, 1.807) is 13.2 Å². The summed E-state index contributed by atoms with van der Waals surface area (Å²) in [6.07, 6.45) is -0.782. The van der Waals surface area contributed by atoms with Crippen molar-refractivity contribution < 1.29 is 14.2 Å². The van der Waals surface area contributed by atoms with E-state index >= 15 is 0 Å². The summed E-state index contributed by atoms with van der Waals surface area (Å²) in [7, 11) is 1.62. The molecule has 0 bridgehead atoms. The zero-order chi connectivity index (χ0) is 15.2. The van der Waals surface area contributed by atoms with E-state index < -0.39 is 11.9 Å². The Hall–Kier alpha value is -1.62. The molecule has 112 valence electrons. The molecular weight excluding hydrogens is 293 g/mol. The van der Waals surface area contributed by atoms with E-state index in [1.165, 1.54) is 12.1 Å². The zero-order valence-electron chi connectivity index (χ0n) is 11.6. The highest BCUT2D eigenvalue weighted by atomic mass is 35.5. The Morgan fingerprint density at radius 1 is 1.24 bits per heavy atom. The lowest BCUT2D eigenvalue weighted by Crippen LogP contribution is -2.21. The second-order valence-corrected chi connectivity index (χ2v) is 5.08. The first-order valence-electron chi connectivity index (χ1n) is 6.57. The lowest BCUT2D eigenvalue weighted by molar-refractivity contribution is 0.174. The largest absolute Gasteiger partial charge is 0.497 e. The molecule has 0 aliphatic rings. The molecule has 0 heterocycles. The van der Waals surface area contributed by atoms with Gasteiger partial charge < -0.3 is 15.2 Å². The minimum atomic E-state index is -0.782. The van der Waals surface area contributed by atoms with Crippen molar-refractivity contribution in [1.82, 2.24) is 5.32 Å². The van der Waals surface area contributed by atoms with Crippen LogP contribution in [0.2, 0.25) is 5.02 Å². The van der Waals surface area contributed by atoms with Gasteiger partial charge in [0.15, 0.2) is 0 Å². The summed E-state index contributed by atoms with van der Waals surface area (Å²) >= 11 is 5.61. The van der Waals surface area contributed by atoms with Crippen LogP contribution in [0.1, 0.15) is 17.2 Å². The maximum absolute atomic E-state index is 13.3. The van der Waals surface area contributed by atoms with E-state index in [0.29, 0.717) is 18.7 Å². The van der Waals surface area contributed by atoms with Crippen molar-refractivity contribution in [2.75, 3.05) is 13.7 Å². The van der Waals surface area contributed by atoms with Gasteiger partial charge in [-0.05, 0) is 35.4 Å². The average molecular weight is 310 g/mol. The van der Waals surface area contributed by atoms with Crippen LogP contribution in [0.4, 0.5) is 4.39 Å². The molecule has 0 fully saturated rings. The number of nitrogens with one attached hydrogen (secondary N) is 1. The van der Waals surface area contributed by atoms with Gasteiger partial charge in [-0.25, -0.2) is 4.39 Å². The molecule has 2 aromatic carbocycles. The lowest BCUT2D eigenvalue weighted by atomic mass is 10.1. The molecule has 2 N–H and O–H groups in total. The number of halogens is 2. The summed E-state index contributed by atoms with van der Waals surface area (Å²) in [5.41, 5.74) is 1.57. The maximum Gasteiger partial charge on any atom is 0.142 e. The van der Waals surface area contributed by atoms with Crippen LogP contribution in [0.25, 0.3) is 0 Å². The fourth-order valence-electron chi connectivity index (χ4n) is 1.93. The first-order valence-corrected chi connectivity index (χ1v) is 6.94. The molecule has 0 radical (unpaired) electrons. The smallest absolute Gasteiger partial charge is 0.142 e. The summed E-state index contributed by atoms with van der Waals surface area (Å²) in [5, 5.41) is 13.2. The zero-order valence-corrected chi connectivity index (χ0v) is 12.4. The summed E-state index contributed by atoms with van der Waals surface area (Å²) in [4.78, 5) is 0. The minimum absolute atomic E-state index is 0.0529. The van der Waals surface area contributed by atoms with Crippen molar-refractivity contribution in [2.24, 2.45) is 0 Å². The molecule has 0 amide bonds. The van der Waals surface area contributed by atoms with Crippen molar-refractivity contribution in [3.8, 4) is 5.75 Å². The number of ether oxygens (including phenoxy) is 1. The van der Waals surface area contributed by atoms with Gasteiger partial charge in [0, 0.05) is 13.1 Å². The number of hydrogen-bond donors (Lipinski definition) is 2. The van der Waals surface area contributed by atoms with Crippen LogP contribution in [0.15, 0.2) is 42.5 Å². The molecule has 21 heavy (non-hydrogen) atoms. The third-order valence-corrected chi connectivity index (χ3v) is 3.46. The van der Waals surface area contributed by atoms with Gasteiger partial charge in [0.25, 0.3) is 0 Å². The fourth-order valence-corrected chi connectivity index (χ4v) is 2.05. The Balaban J connectivity index is 1.85. The molecule has 0 aliphatic carbocycles. The highest BCUT2D eigenvalue weighted by Crippen LogP contribution is 2.20. The van der Waals surface area contributed by atoms with Crippen molar-refractivity contribution in [2.45, 2.75) is 12.6 Å². The standard InChI is InChI=1S/C16H17ClFNO2/c1-21-13-5-2-11(3-6-13)9-19-10-16(20)12-4-7-14(17)15(18)8-12/h2-8,16,19-20H,9-10H2,1H3. The van der Waals surface area contributed by atoms with Crippen LogP contribution >= 0.6 is 11.6 Å². The number of aliphatic hydroxyl groups is 1. The van der Waals surface area contributed by atoms with Gasteiger partial charge in [-0.15, -0.1) is 0 Å². The van der Waals surface area contributed by atoms with Gasteiger partial charge in [-0.1, -0.05) is 29.8 Å². The summed E-state index contributed by atoms with van der Waals surface area (Å²) < 4.78 is 18.4. The van der Waals surface area contributed by atoms with E-state index in [2.05, 4.69) is 5.32 Å². The predicted octanol–water partition coefficient (Wildman–Crippen LogP) is 3.31. The third kappa shape index (κ3) is 4.43. The summed E-state index contributed by atoms with van der Waals surface area (Å²) in [6.45, 7) is 0.935. The van der Waals surface area contributed by atoms with Gasteiger partial charge in [0.1, 0.15) is 11.6 Å². The molecular formula is C16H17ClFNO2. The van der Waals surface area contributed by atoms with Crippen LogP contribution in [-0.4, -0.2) is 18.8 Å². The number of rotatable bonds is 6. The molecule has 1 unspecified atom stereocenters. The molecule has 0 aromatic heterocycles. The van der Waals surface area contributed by atoms with Gasteiger partial charge in [-0.2, -0.15) is 0 Å². The highest BCUT2D eigenvalue weighted by Gasteiger charge is 2.09. The quantitative estimate of drug-likeness (QED) is 0.860. The maximum atomic E-state index is 13.3. The van der Waals surface area contributed by atoms with Crippen LogP contribution in [0, 0.1) is 5.82 Å². The Morgan fingerprint density at radius 3 is 2.57 bits per heavy atom. The number of benzene rings is 2. The normalized spacial score (nSPS) is 12.2. The molecule has 0 spiro atoms. The van der Waals surface area contributed by atoms with E-state index in [9.17, 15) is 9.50 Å².